The summed E-state index contributed by atoms with van der Waals surface area (Å²) in [4.78, 5) is 42.5. The lowest BCUT2D eigenvalue weighted by molar-refractivity contribution is -0.153. The van der Waals surface area contributed by atoms with E-state index in [1.807, 2.05) is 35.8 Å². The van der Waals surface area contributed by atoms with Crippen molar-refractivity contribution in [2.75, 3.05) is 6.61 Å². The lowest BCUT2D eigenvalue weighted by Crippen LogP contribution is -2.37. The van der Waals surface area contributed by atoms with Crippen LogP contribution in [0.15, 0.2) is 33.9 Å². The minimum absolute atomic E-state index is 0.268. The fraction of sp³-hybridized carbons (Fsp3) is 0.455. The summed E-state index contributed by atoms with van der Waals surface area (Å²) < 4.78 is 9.47. The van der Waals surface area contributed by atoms with Gasteiger partial charge >= 0.3 is 11.7 Å². The van der Waals surface area contributed by atoms with E-state index in [0.717, 1.165) is 15.7 Å². The van der Waals surface area contributed by atoms with Gasteiger partial charge in [-0.1, -0.05) is 29.8 Å². The van der Waals surface area contributed by atoms with E-state index in [1.54, 1.807) is 27.8 Å². The molecule has 0 saturated heterocycles. The summed E-state index contributed by atoms with van der Waals surface area (Å²) in [7, 11) is 3.05. The molecule has 3 aromatic rings. The van der Waals surface area contributed by atoms with Crippen molar-refractivity contribution in [2.24, 2.45) is 19.5 Å². The van der Waals surface area contributed by atoms with Crippen molar-refractivity contribution in [3.05, 3.63) is 62.1 Å². The monoisotopic (exact) mass is 412 g/mol. The van der Waals surface area contributed by atoms with E-state index < -0.39 is 16.7 Å². The van der Waals surface area contributed by atoms with Crippen LogP contribution < -0.4 is 11.2 Å². The number of ether oxygens (including phenoxy) is 1. The molecule has 30 heavy (non-hydrogen) atoms. The van der Waals surface area contributed by atoms with Gasteiger partial charge in [-0.3, -0.25) is 18.7 Å². The van der Waals surface area contributed by atoms with E-state index in [0.29, 0.717) is 23.5 Å². The van der Waals surface area contributed by atoms with Crippen molar-refractivity contribution in [2.45, 2.75) is 40.7 Å². The van der Waals surface area contributed by atoms with Crippen LogP contribution in [0, 0.1) is 12.3 Å². The Labute approximate surface area is 174 Å². The van der Waals surface area contributed by atoms with Crippen LogP contribution in [-0.2, 0) is 36.6 Å². The van der Waals surface area contributed by atoms with E-state index in [-0.39, 0.29) is 19.0 Å². The number of carbonyl (C=O) groups excluding carboxylic acids is 1. The standard InChI is InChI=1S/C22H28N4O4/c1-7-30-20(28)22(3,4)12-16-23-18-17(19(27)25(6)21(29)24(18)5)26(16)13-15-10-8-9-14(2)11-15/h8-11H,7,12-13H2,1-6H3. The highest BCUT2D eigenvalue weighted by molar-refractivity contribution is 5.77. The maximum Gasteiger partial charge on any atom is 0.332 e. The predicted octanol–water partition coefficient (Wildman–Crippen LogP) is 1.92. The van der Waals surface area contributed by atoms with Crippen molar-refractivity contribution < 1.29 is 9.53 Å². The zero-order valence-corrected chi connectivity index (χ0v) is 18.4. The van der Waals surface area contributed by atoms with Crippen molar-refractivity contribution in [1.82, 2.24) is 18.7 Å². The average Bonchev–Trinajstić information content (AvgIpc) is 3.02. The maximum atomic E-state index is 13.0. The summed E-state index contributed by atoms with van der Waals surface area (Å²) in [6.45, 7) is 8.04. The van der Waals surface area contributed by atoms with E-state index in [2.05, 4.69) is 4.98 Å². The van der Waals surface area contributed by atoms with Gasteiger partial charge in [-0.05, 0) is 33.3 Å². The highest BCUT2D eigenvalue weighted by Gasteiger charge is 2.32. The van der Waals surface area contributed by atoms with Gasteiger partial charge in [-0.15, -0.1) is 0 Å². The molecule has 0 unspecified atom stereocenters. The quantitative estimate of drug-likeness (QED) is 0.577. The van der Waals surface area contributed by atoms with Crippen LogP contribution in [0.3, 0.4) is 0 Å². The van der Waals surface area contributed by atoms with Gasteiger partial charge in [0.05, 0.1) is 12.0 Å². The summed E-state index contributed by atoms with van der Waals surface area (Å²) in [6.07, 6.45) is 0.268. The summed E-state index contributed by atoms with van der Waals surface area (Å²) in [5, 5.41) is 0. The van der Waals surface area contributed by atoms with Gasteiger partial charge in [-0.25, -0.2) is 9.78 Å². The Kier molecular flexibility index (Phi) is 5.70. The number of aryl methyl sites for hydroxylation is 2. The number of hydrogen-bond donors (Lipinski definition) is 0. The maximum absolute atomic E-state index is 13.0. The molecule has 0 atom stereocenters. The van der Waals surface area contributed by atoms with E-state index in [9.17, 15) is 14.4 Å². The molecule has 8 nitrogen and oxygen atoms in total. The van der Waals surface area contributed by atoms with E-state index in [4.69, 9.17) is 4.74 Å². The largest absolute Gasteiger partial charge is 0.466 e. The van der Waals surface area contributed by atoms with Crippen LogP contribution in [-0.4, -0.2) is 31.3 Å². The number of aromatic nitrogens is 4. The molecule has 0 N–H and O–H groups in total. The number of imidazole rings is 1. The third-order valence-corrected chi connectivity index (χ3v) is 5.28. The molecule has 0 fully saturated rings. The molecule has 0 radical (unpaired) electrons. The number of esters is 1. The molecule has 0 aliphatic carbocycles. The third kappa shape index (κ3) is 3.81. The first-order valence-corrected chi connectivity index (χ1v) is 9.94. The van der Waals surface area contributed by atoms with Crippen LogP contribution >= 0.6 is 0 Å². The summed E-state index contributed by atoms with van der Waals surface area (Å²) in [5.41, 5.74) is 1.07. The Hall–Kier alpha value is -3.16. The molecule has 0 spiro atoms. The Balaban J connectivity index is 2.24. The molecule has 8 heteroatoms. The normalized spacial score (nSPS) is 11.8. The number of hydrogen-bond acceptors (Lipinski definition) is 5. The minimum Gasteiger partial charge on any atom is -0.466 e. The molecule has 0 bridgehead atoms. The molecule has 0 aliphatic rings. The Morgan fingerprint density at radius 3 is 2.50 bits per heavy atom. The van der Waals surface area contributed by atoms with E-state index >= 15 is 0 Å². The SMILES string of the molecule is CCOC(=O)C(C)(C)Cc1nc2c(c(=O)n(C)c(=O)n2C)n1Cc1cccc(C)c1. The van der Waals surface area contributed by atoms with Gasteiger partial charge in [0, 0.05) is 27.1 Å². The average molecular weight is 412 g/mol. The minimum atomic E-state index is -0.841. The molecule has 2 heterocycles. The summed E-state index contributed by atoms with van der Waals surface area (Å²) >= 11 is 0. The Morgan fingerprint density at radius 2 is 1.87 bits per heavy atom. The molecule has 0 amide bonds. The molecule has 2 aromatic heterocycles. The van der Waals surface area contributed by atoms with Crippen LogP contribution in [0.4, 0.5) is 0 Å². The number of carbonyl (C=O) groups is 1. The molecular weight excluding hydrogens is 384 g/mol. The Morgan fingerprint density at radius 1 is 1.17 bits per heavy atom. The highest BCUT2D eigenvalue weighted by Crippen LogP contribution is 2.26. The van der Waals surface area contributed by atoms with Gasteiger partial charge in [0.15, 0.2) is 11.2 Å². The Bertz CT molecular complexity index is 1230. The van der Waals surface area contributed by atoms with Crippen LogP contribution in [0.5, 0.6) is 0 Å². The zero-order chi connectivity index (χ0) is 22.2. The highest BCUT2D eigenvalue weighted by atomic mass is 16.5. The van der Waals surface area contributed by atoms with Crippen molar-refractivity contribution in [1.29, 1.82) is 0 Å². The first-order valence-electron chi connectivity index (χ1n) is 9.94. The summed E-state index contributed by atoms with van der Waals surface area (Å²) in [5.74, 6) is 0.226. The lowest BCUT2D eigenvalue weighted by atomic mass is 9.89. The number of rotatable bonds is 6. The van der Waals surface area contributed by atoms with Gasteiger partial charge in [-0.2, -0.15) is 0 Å². The van der Waals surface area contributed by atoms with Crippen molar-refractivity contribution >= 4 is 17.1 Å². The molecule has 0 aliphatic heterocycles. The van der Waals surface area contributed by atoms with E-state index in [1.165, 1.54) is 11.6 Å². The van der Waals surface area contributed by atoms with Gasteiger partial charge in [0.25, 0.3) is 5.56 Å². The number of fused-ring (bicyclic) bond motifs is 1. The second kappa shape index (κ2) is 7.93. The fourth-order valence-electron chi connectivity index (χ4n) is 3.58. The molecule has 1 aromatic carbocycles. The second-order valence-corrected chi connectivity index (χ2v) is 8.26. The first kappa shape index (κ1) is 21.5. The van der Waals surface area contributed by atoms with Gasteiger partial charge in [0.2, 0.25) is 0 Å². The molecular formula is C22H28N4O4. The predicted molar refractivity (Wildman–Crippen MR) is 115 cm³/mol. The van der Waals surface area contributed by atoms with Gasteiger partial charge in [0.1, 0.15) is 5.82 Å². The van der Waals surface area contributed by atoms with Gasteiger partial charge < -0.3 is 9.30 Å². The van der Waals surface area contributed by atoms with Crippen molar-refractivity contribution in [3.63, 3.8) is 0 Å². The lowest BCUT2D eigenvalue weighted by Gasteiger charge is -2.22. The van der Waals surface area contributed by atoms with Crippen molar-refractivity contribution in [3.8, 4) is 0 Å². The number of benzene rings is 1. The molecule has 0 saturated carbocycles. The molecule has 160 valence electrons. The topological polar surface area (TPSA) is 88.1 Å². The smallest absolute Gasteiger partial charge is 0.332 e. The van der Waals surface area contributed by atoms with Crippen LogP contribution in [0.25, 0.3) is 11.2 Å². The summed E-state index contributed by atoms with van der Waals surface area (Å²) in [6, 6.07) is 7.98. The number of nitrogens with zero attached hydrogens (tertiary/aromatic N) is 4. The first-order chi connectivity index (χ1) is 14.1. The third-order valence-electron chi connectivity index (χ3n) is 5.28. The fourth-order valence-corrected chi connectivity index (χ4v) is 3.58. The van der Waals surface area contributed by atoms with Crippen LogP contribution in [0.2, 0.25) is 0 Å². The zero-order valence-electron chi connectivity index (χ0n) is 18.4. The second-order valence-electron chi connectivity index (χ2n) is 8.26. The molecule has 3 rings (SSSR count). The van der Waals surface area contributed by atoms with Crippen LogP contribution in [0.1, 0.15) is 37.7 Å².